The molecule has 0 radical (unpaired) electrons. The predicted octanol–water partition coefficient (Wildman–Crippen LogP) is 4.59. The smallest absolute Gasteiger partial charge is 0.385 e. The van der Waals surface area contributed by atoms with E-state index in [0.29, 0.717) is 41.5 Å². The van der Waals surface area contributed by atoms with Crippen molar-refractivity contribution in [1.29, 1.82) is 0 Å². The van der Waals surface area contributed by atoms with Gasteiger partial charge in [0.25, 0.3) is 5.56 Å². The van der Waals surface area contributed by atoms with Crippen LogP contribution in [0.2, 0.25) is 0 Å². The molecule has 0 aliphatic rings. The lowest BCUT2D eigenvalue weighted by atomic mass is 9.98. The van der Waals surface area contributed by atoms with Crippen molar-refractivity contribution in [2.45, 2.75) is 59.1 Å². The third-order valence-corrected chi connectivity index (χ3v) is 6.88. The van der Waals surface area contributed by atoms with Gasteiger partial charge in [0.15, 0.2) is 11.6 Å². The molecule has 0 spiro atoms. The number of benzene rings is 2. The van der Waals surface area contributed by atoms with Crippen molar-refractivity contribution in [2.75, 3.05) is 0 Å². The Bertz CT molecular complexity index is 1730. The van der Waals surface area contributed by atoms with Gasteiger partial charge in [0.05, 0.1) is 12.2 Å². The third-order valence-electron chi connectivity index (χ3n) is 6.88. The maximum absolute atomic E-state index is 13.8. The van der Waals surface area contributed by atoms with E-state index < -0.39 is 11.9 Å². The number of unbranched alkanes of at least 4 members (excludes halogenated alkanes) is 1. The fourth-order valence-electron chi connectivity index (χ4n) is 4.70. The molecule has 0 bridgehead atoms. The lowest BCUT2D eigenvalue weighted by Crippen LogP contribution is -2.30. The summed E-state index contributed by atoms with van der Waals surface area (Å²) in [5.41, 5.74) is 5.22. The molecule has 0 aliphatic carbocycles. The predicted molar refractivity (Wildman–Crippen MR) is 149 cm³/mol. The summed E-state index contributed by atoms with van der Waals surface area (Å²) in [5.74, 6) is 0.865. The molecule has 3 aromatic heterocycles. The van der Waals surface area contributed by atoms with Crippen molar-refractivity contribution in [2.24, 2.45) is 0 Å². The van der Waals surface area contributed by atoms with Crippen LogP contribution in [0.5, 0.6) is 0 Å². The van der Waals surface area contributed by atoms with Crippen LogP contribution >= 0.6 is 0 Å². The first-order valence-corrected chi connectivity index (χ1v) is 13.3. The minimum atomic E-state index is -0.776. The van der Waals surface area contributed by atoms with Gasteiger partial charge in [0, 0.05) is 35.7 Å². The summed E-state index contributed by atoms with van der Waals surface area (Å²) in [5, 5.41) is 17.6. The maximum Gasteiger partial charge on any atom is 0.439 e. The Kier molecular flexibility index (Phi) is 7.88. The van der Waals surface area contributed by atoms with Gasteiger partial charge in [-0.05, 0) is 37.0 Å². The highest BCUT2D eigenvalue weighted by Gasteiger charge is 2.18. The molecule has 0 amide bonds. The van der Waals surface area contributed by atoms with E-state index in [-0.39, 0.29) is 12.0 Å². The zero-order valence-corrected chi connectivity index (χ0v) is 22.7. The normalized spacial score (nSPS) is 12.1. The molecule has 40 heavy (non-hydrogen) atoms. The summed E-state index contributed by atoms with van der Waals surface area (Å²) in [6, 6.07) is 17.2. The van der Waals surface area contributed by atoms with Gasteiger partial charge in [-0.1, -0.05) is 72.2 Å². The van der Waals surface area contributed by atoms with Gasteiger partial charge < -0.3 is 9.63 Å². The molecule has 10 heteroatoms. The molecule has 0 aliphatic heterocycles. The fraction of sp³-hybridized carbons (Fsp3) is 0.300. The molecular formula is C30H31N5O5. The summed E-state index contributed by atoms with van der Waals surface area (Å²) in [4.78, 5) is 32.7. The van der Waals surface area contributed by atoms with Crippen LogP contribution in [0.15, 0.2) is 73.2 Å². The zero-order chi connectivity index (χ0) is 28.2. The average molecular weight is 542 g/mol. The van der Waals surface area contributed by atoms with Gasteiger partial charge >= 0.3 is 5.76 Å². The maximum atomic E-state index is 13.8. The minimum absolute atomic E-state index is 0.107. The van der Waals surface area contributed by atoms with E-state index in [2.05, 4.69) is 22.2 Å². The van der Waals surface area contributed by atoms with Gasteiger partial charge in [-0.25, -0.2) is 9.78 Å². The molecule has 0 saturated heterocycles. The van der Waals surface area contributed by atoms with E-state index in [4.69, 9.17) is 14.0 Å². The van der Waals surface area contributed by atoms with Gasteiger partial charge in [0.2, 0.25) is 0 Å². The van der Waals surface area contributed by atoms with Crippen LogP contribution in [-0.2, 0) is 19.4 Å². The number of aromatic nitrogens is 5. The van der Waals surface area contributed by atoms with Gasteiger partial charge in [-0.3, -0.25) is 18.9 Å². The van der Waals surface area contributed by atoms with Crippen molar-refractivity contribution in [3.8, 4) is 22.5 Å². The molecule has 5 rings (SSSR count). The molecule has 2 N–H and O–H groups in total. The number of nitrogens with one attached hydrogen (secondary N) is 1. The Morgan fingerprint density at radius 1 is 1.02 bits per heavy atom. The number of aromatic amines is 1. The van der Waals surface area contributed by atoms with Crippen LogP contribution in [0, 0.1) is 6.92 Å². The number of aliphatic hydroxyl groups excluding tert-OH is 1. The number of hydrogen-bond acceptors (Lipinski definition) is 8. The summed E-state index contributed by atoms with van der Waals surface area (Å²) >= 11 is 0. The monoisotopic (exact) mass is 541 g/mol. The van der Waals surface area contributed by atoms with E-state index in [9.17, 15) is 14.7 Å². The second-order valence-electron chi connectivity index (χ2n) is 9.85. The summed E-state index contributed by atoms with van der Waals surface area (Å²) in [6.45, 7) is 5.93. The summed E-state index contributed by atoms with van der Waals surface area (Å²) in [7, 11) is 0. The van der Waals surface area contributed by atoms with Crippen LogP contribution < -0.4 is 11.3 Å². The first kappa shape index (κ1) is 27.0. The number of aliphatic hydroxyl groups is 1. The number of nitrogens with zero attached hydrogens (tertiary/aromatic N) is 4. The van der Waals surface area contributed by atoms with Crippen molar-refractivity contribution in [1.82, 2.24) is 24.8 Å². The summed E-state index contributed by atoms with van der Waals surface area (Å²) < 4.78 is 11.7. The molecular weight excluding hydrogens is 510 g/mol. The van der Waals surface area contributed by atoms with Crippen molar-refractivity contribution >= 4 is 0 Å². The second-order valence-corrected chi connectivity index (χ2v) is 9.85. The minimum Gasteiger partial charge on any atom is -0.385 e. The van der Waals surface area contributed by atoms with Crippen molar-refractivity contribution in [3.05, 3.63) is 110 Å². The van der Waals surface area contributed by atoms with Crippen LogP contribution in [0.25, 0.3) is 22.5 Å². The molecule has 2 aromatic carbocycles. The highest BCUT2D eigenvalue weighted by Crippen LogP contribution is 2.30. The van der Waals surface area contributed by atoms with Crippen LogP contribution in [-0.4, -0.2) is 30.0 Å². The van der Waals surface area contributed by atoms with E-state index in [1.807, 2.05) is 55.5 Å². The van der Waals surface area contributed by atoms with E-state index >= 15 is 0 Å². The molecule has 0 fully saturated rings. The van der Waals surface area contributed by atoms with Crippen molar-refractivity contribution in [3.63, 3.8) is 0 Å². The first-order chi connectivity index (χ1) is 19.3. The van der Waals surface area contributed by atoms with Gasteiger partial charge in [0.1, 0.15) is 11.9 Å². The first-order valence-electron chi connectivity index (χ1n) is 13.3. The largest absolute Gasteiger partial charge is 0.439 e. The van der Waals surface area contributed by atoms with Crippen molar-refractivity contribution < 1.29 is 14.2 Å². The van der Waals surface area contributed by atoms with Crippen LogP contribution in [0.1, 0.15) is 66.9 Å². The molecule has 3 heterocycles. The Morgan fingerprint density at radius 2 is 1.77 bits per heavy atom. The Hall–Kier alpha value is -4.57. The standard InChI is InChI=1S/C30H31N5O5/c1-4-5-10-27-31-18(2)25(15-22-16-26(19(3)36)39-33-22)29(37)35(27)17-20-11-13-21(14-12-20)23-8-6-7-9-24(23)28-32-30(38)40-34-28/h6-9,11-14,16,19,36H,4-5,10,15,17H2,1-3H3,(H,32,34,38). The molecule has 5 aromatic rings. The number of hydrogen-bond donors (Lipinski definition) is 2. The molecule has 206 valence electrons. The zero-order valence-electron chi connectivity index (χ0n) is 22.7. The lowest BCUT2D eigenvalue weighted by molar-refractivity contribution is 0.157. The second kappa shape index (κ2) is 11.7. The molecule has 1 unspecified atom stereocenters. The number of rotatable bonds is 10. The van der Waals surface area contributed by atoms with E-state index in [0.717, 1.165) is 40.9 Å². The highest BCUT2D eigenvalue weighted by atomic mass is 16.5. The van der Waals surface area contributed by atoms with E-state index in [1.54, 1.807) is 17.6 Å². The third kappa shape index (κ3) is 5.72. The Labute approximate surface area is 230 Å². The van der Waals surface area contributed by atoms with Gasteiger partial charge in [-0.15, -0.1) is 0 Å². The van der Waals surface area contributed by atoms with Crippen LogP contribution in [0.4, 0.5) is 0 Å². The SMILES string of the molecule is CCCCc1nc(C)c(Cc2cc(C(C)O)on2)c(=O)n1Cc1ccc(-c2ccccc2-c2noc(=O)[nH]2)cc1. The number of H-pyrrole nitrogens is 1. The number of aryl methyl sites for hydroxylation is 2. The quantitative estimate of drug-likeness (QED) is 0.262. The summed E-state index contributed by atoms with van der Waals surface area (Å²) in [6.07, 6.45) is 2.10. The Morgan fingerprint density at radius 3 is 2.42 bits per heavy atom. The molecule has 0 saturated carbocycles. The lowest BCUT2D eigenvalue weighted by Gasteiger charge is -2.16. The van der Waals surface area contributed by atoms with Crippen LogP contribution in [0.3, 0.4) is 0 Å². The highest BCUT2D eigenvalue weighted by molar-refractivity contribution is 5.80. The topological polar surface area (TPSA) is 140 Å². The Balaban J connectivity index is 1.47. The van der Waals surface area contributed by atoms with E-state index in [1.165, 1.54) is 0 Å². The molecule has 1 atom stereocenters. The molecule has 10 nitrogen and oxygen atoms in total. The van der Waals surface area contributed by atoms with Gasteiger partial charge in [-0.2, -0.15) is 0 Å². The average Bonchev–Trinajstić information content (AvgIpc) is 3.61. The fourth-order valence-corrected chi connectivity index (χ4v) is 4.70.